The normalized spacial score (nSPS) is 11.3. The molecule has 6 heteroatoms. The molecular weight excluding hydrogens is 258 g/mol. The largest absolute Gasteiger partial charge is 0.329 e. The minimum atomic E-state index is 0.771. The molecule has 0 radical (unpaired) electrons. The lowest BCUT2D eigenvalue weighted by molar-refractivity contribution is 0.789. The van der Waals surface area contributed by atoms with Crippen LogP contribution in [0.15, 0.2) is 29.8 Å². The zero-order chi connectivity index (χ0) is 13.4. The van der Waals surface area contributed by atoms with Crippen LogP contribution >= 0.6 is 11.8 Å². The summed E-state index contributed by atoms with van der Waals surface area (Å²) in [5, 5.41) is 0.998. The van der Waals surface area contributed by atoms with Gasteiger partial charge in [0.2, 0.25) is 5.78 Å². The zero-order valence-electron chi connectivity index (χ0n) is 11.2. The molecule has 0 aromatic carbocycles. The molecule has 0 saturated heterocycles. The topological polar surface area (TPSA) is 48.0 Å². The van der Waals surface area contributed by atoms with Crippen LogP contribution in [0.3, 0.4) is 0 Å². The number of imidazole rings is 2. The van der Waals surface area contributed by atoms with Gasteiger partial charge in [-0.3, -0.25) is 4.40 Å². The summed E-state index contributed by atoms with van der Waals surface area (Å²) in [5.41, 5.74) is 3.18. The molecule has 3 aromatic heterocycles. The van der Waals surface area contributed by atoms with Gasteiger partial charge in [0, 0.05) is 42.8 Å². The lowest BCUT2D eigenvalue weighted by Gasteiger charge is -1.99. The monoisotopic (exact) mass is 273 g/mol. The van der Waals surface area contributed by atoms with E-state index in [0.717, 1.165) is 33.8 Å². The van der Waals surface area contributed by atoms with Crippen molar-refractivity contribution >= 4 is 17.5 Å². The van der Waals surface area contributed by atoms with Gasteiger partial charge >= 0.3 is 0 Å². The van der Waals surface area contributed by atoms with E-state index in [-0.39, 0.29) is 0 Å². The van der Waals surface area contributed by atoms with Crippen molar-refractivity contribution in [3.8, 4) is 0 Å². The van der Waals surface area contributed by atoms with Gasteiger partial charge in [-0.05, 0) is 19.9 Å². The number of hydrogen-bond donors (Lipinski definition) is 0. The first-order chi connectivity index (χ1) is 9.13. The van der Waals surface area contributed by atoms with Gasteiger partial charge < -0.3 is 4.57 Å². The standard InChI is InChI=1S/C13H15N5S/c1-9-6-10(2)18-7-11(16-12(18)15-9)8-19-13-14-4-5-17(13)3/h4-7H,8H2,1-3H3. The molecule has 98 valence electrons. The van der Waals surface area contributed by atoms with Crippen molar-refractivity contribution in [2.45, 2.75) is 24.8 Å². The van der Waals surface area contributed by atoms with Crippen LogP contribution in [-0.4, -0.2) is 23.9 Å². The van der Waals surface area contributed by atoms with Crippen LogP contribution in [0.25, 0.3) is 5.78 Å². The Labute approximate surface area is 115 Å². The quantitative estimate of drug-likeness (QED) is 0.687. The maximum atomic E-state index is 4.56. The van der Waals surface area contributed by atoms with Crippen molar-refractivity contribution < 1.29 is 0 Å². The van der Waals surface area contributed by atoms with E-state index in [1.54, 1.807) is 18.0 Å². The Kier molecular flexibility index (Phi) is 3.02. The summed E-state index contributed by atoms with van der Waals surface area (Å²) in [6, 6.07) is 2.06. The SMILES string of the molecule is Cc1cc(C)n2cc(CSc3nccn3C)nc2n1. The van der Waals surface area contributed by atoms with Crippen molar-refractivity contribution in [2.24, 2.45) is 7.05 Å². The predicted molar refractivity (Wildman–Crippen MR) is 75.2 cm³/mol. The van der Waals surface area contributed by atoms with E-state index in [9.17, 15) is 0 Å². The zero-order valence-corrected chi connectivity index (χ0v) is 12.0. The number of thioether (sulfide) groups is 1. The fourth-order valence-corrected chi connectivity index (χ4v) is 2.83. The van der Waals surface area contributed by atoms with E-state index in [2.05, 4.69) is 27.9 Å². The van der Waals surface area contributed by atoms with Gasteiger partial charge in [0.25, 0.3) is 0 Å². The van der Waals surface area contributed by atoms with Crippen LogP contribution in [0.1, 0.15) is 17.1 Å². The highest BCUT2D eigenvalue weighted by molar-refractivity contribution is 7.98. The van der Waals surface area contributed by atoms with Crippen LogP contribution < -0.4 is 0 Å². The first-order valence-electron chi connectivity index (χ1n) is 6.06. The molecule has 0 aliphatic carbocycles. The van der Waals surface area contributed by atoms with Crippen molar-refractivity contribution in [3.63, 3.8) is 0 Å². The van der Waals surface area contributed by atoms with Gasteiger partial charge in [0.15, 0.2) is 5.16 Å². The van der Waals surface area contributed by atoms with E-state index >= 15 is 0 Å². The van der Waals surface area contributed by atoms with Crippen LogP contribution in [0.5, 0.6) is 0 Å². The first kappa shape index (κ1) is 12.2. The lowest BCUT2D eigenvalue weighted by Crippen LogP contribution is -1.94. The number of aryl methyl sites for hydroxylation is 3. The average Bonchev–Trinajstić information content (AvgIpc) is 2.92. The highest BCUT2D eigenvalue weighted by Gasteiger charge is 2.07. The Hall–Kier alpha value is -1.82. The third-order valence-corrected chi connectivity index (χ3v) is 4.03. The number of nitrogens with zero attached hydrogens (tertiary/aromatic N) is 5. The predicted octanol–water partition coefficient (Wildman–Crippen LogP) is 2.37. The average molecular weight is 273 g/mol. The molecule has 5 nitrogen and oxygen atoms in total. The second-order valence-electron chi connectivity index (χ2n) is 4.55. The molecule has 0 unspecified atom stereocenters. The van der Waals surface area contributed by atoms with E-state index in [1.807, 2.05) is 35.3 Å². The molecule has 0 fully saturated rings. The van der Waals surface area contributed by atoms with Gasteiger partial charge in [0.05, 0.1) is 5.69 Å². The van der Waals surface area contributed by atoms with Gasteiger partial charge in [-0.15, -0.1) is 0 Å². The van der Waals surface area contributed by atoms with Crippen molar-refractivity contribution in [2.75, 3.05) is 0 Å². The number of fused-ring (bicyclic) bond motifs is 1. The maximum absolute atomic E-state index is 4.56. The molecule has 0 atom stereocenters. The summed E-state index contributed by atoms with van der Waals surface area (Å²) in [7, 11) is 1.99. The lowest BCUT2D eigenvalue weighted by atomic mass is 10.3. The van der Waals surface area contributed by atoms with Gasteiger partial charge in [-0.2, -0.15) is 0 Å². The minimum absolute atomic E-state index is 0.771. The molecule has 0 N–H and O–H groups in total. The number of rotatable bonds is 3. The Morgan fingerprint density at radius 1 is 1.26 bits per heavy atom. The molecule has 0 saturated carbocycles. The van der Waals surface area contributed by atoms with Crippen LogP contribution in [0.4, 0.5) is 0 Å². The summed E-state index contributed by atoms with van der Waals surface area (Å²) >= 11 is 1.68. The van der Waals surface area contributed by atoms with Gasteiger partial charge in [-0.1, -0.05) is 11.8 Å². The summed E-state index contributed by atoms with van der Waals surface area (Å²) < 4.78 is 4.04. The van der Waals surface area contributed by atoms with Crippen LogP contribution in [0, 0.1) is 13.8 Å². The number of aromatic nitrogens is 5. The Morgan fingerprint density at radius 3 is 2.84 bits per heavy atom. The van der Waals surface area contributed by atoms with Gasteiger partial charge in [0.1, 0.15) is 0 Å². The molecule has 3 aromatic rings. The molecule has 0 aliphatic heterocycles. The smallest absolute Gasteiger partial charge is 0.234 e. The summed E-state index contributed by atoms with van der Waals surface area (Å²) in [5.74, 6) is 1.57. The second kappa shape index (κ2) is 4.70. The molecule has 19 heavy (non-hydrogen) atoms. The summed E-state index contributed by atoms with van der Waals surface area (Å²) in [6.07, 6.45) is 5.80. The van der Waals surface area contributed by atoms with Crippen LogP contribution in [0.2, 0.25) is 0 Å². The fourth-order valence-electron chi connectivity index (χ4n) is 2.02. The highest BCUT2D eigenvalue weighted by Crippen LogP contribution is 2.20. The van der Waals surface area contributed by atoms with Crippen molar-refractivity contribution in [3.05, 3.63) is 41.7 Å². The molecule has 0 bridgehead atoms. The third kappa shape index (κ3) is 2.35. The molecule has 0 amide bonds. The minimum Gasteiger partial charge on any atom is -0.329 e. The van der Waals surface area contributed by atoms with Crippen molar-refractivity contribution in [1.29, 1.82) is 0 Å². The molecule has 0 aliphatic rings. The van der Waals surface area contributed by atoms with E-state index in [0.29, 0.717) is 0 Å². The Bertz CT molecular complexity index is 728. The summed E-state index contributed by atoms with van der Waals surface area (Å²) in [6.45, 7) is 4.06. The Morgan fingerprint density at radius 2 is 2.11 bits per heavy atom. The Balaban J connectivity index is 1.86. The molecule has 3 heterocycles. The molecular formula is C13H15N5S. The van der Waals surface area contributed by atoms with E-state index in [1.165, 1.54) is 0 Å². The molecule has 3 rings (SSSR count). The highest BCUT2D eigenvalue weighted by atomic mass is 32.2. The van der Waals surface area contributed by atoms with Gasteiger partial charge in [-0.25, -0.2) is 15.0 Å². The van der Waals surface area contributed by atoms with E-state index < -0.39 is 0 Å². The molecule has 0 spiro atoms. The number of hydrogen-bond acceptors (Lipinski definition) is 4. The maximum Gasteiger partial charge on any atom is 0.234 e. The summed E-state index contributed by atoms with van der Waals surface area (Å²) in [4.78, 5) is 13.3. The first-order valence-corrected chi connectivity index (χ1v) is 7.04. The van der Waals surface area contributed by atoms with Crippen molar-refractivity contribution in [1.82, 2.24) is 23.9 Å². The third-order valence-electron chi connectivity index (χ3n) is 2.94. The fraction of sp³-hybridized carbons (Fsp3) is 0.308. The second-order valence-corrected chi connectivity index (χ2v) is 5.49. The van der Waals surface area contributed by atoms with Crippen LogP contribution in [-0.2, 0) is 12.8 Å². The van der Waals surface area contributed by atoms with E-state index in [4.69, 9.17) is 0 Å².